The topological polar surface area (TPSA) is 52.6 Å². The van der Waals surface area contributed by atoms with E-state index >= 15 is 0 Å². The molecule has 5 atom stereocenters. The number of hydrogen-bond donors (Lipinski definition) is 0. The third-order valence-electron chi connectivity index (χ3n) is 9.39. The lowest BCUT2D eigenvalue weighted by Crippen LogP contribution is -2.50. The molecular weight excluding hydrogens is 416 g/mol. The highest BCUT2D eigenvalue weighted by atomic mass is 28.4. The fourth-order valence-corrected chi connectivity index (χ4v) is 8.08. The summed E-state index contributed by atoms with van der Waals surface area (Å²) in [5.74, 6) is 1.85. The van der Waals surface area contributed by atoms with Crippen LogP contribution in [0.2, 0.25) is 18.1 Å². The van der Waals surface area contributed by atoms with Crippen molar-refractivity contribution in [3.8, 4) is 5.75 Å². The molecule has 2 saturated carbocycles. The summed E-state index contributed by atoms with van der Waals surface area (Å²) in [6, 6.07) is 3.96. The Morgan fingerprint density at radius 1 is 1.16 bits per heavy atom. The van der Waals surface area contributed by atoms with Crippen LogP contribution in [0.15, 0.2) is 12.1 Å². The molecule has 0 heterocycles. The molecule has 0 N–H and O–H groups in total. The van der Waals surface area contributed by atoms with E-state index in [4.69, 9.17) is 9.16 Å². The van der Waals surface area contributed by atoms with Gasteiger partial charge in [-0.05, 0) is 103 Å². The standard InChI is InChI=1S/C27H40O4Si/c1-17(29)30-24-15-18-8-9-21-20(22(18)14-19(24)16-28)12-13-27(5)23(21)10-11-25(27)31-32(6,7)26(2,3)4/h14-16,20-21,23,25H,8-13H2,1-7H3/t20-,21+,23-,25-,27-/m0/s1. The molecule has 4 rings (SSSR count). The predicted molar refractivity (Wildman–Crippen MR) is 130 cm³/mol. The minimum atomic E-state index is -1.81. The zero-order valence-corrected chi connectivity index (χ0v) is 21.9. The van der Waals surface area contributed by atoms with Crippen molar-refractivity contribution in [1.82, 2.24) is 0 Å². The Bertz CT molecular complexity index is 915. The average molecular weight is 457 g/mol. The summed E-state index contributed by atoms with van der Waals surface area (Å²) in [6.07, 6.45) is 8.11. The van der Waals surface area contributed by atoms with Gasteiger partial charge in [0.25, 0.3) is 0 Å². The SMILES string of the molecule is CC(=O)Oc1cc2c(cc1C=O)[C@H]1CC[C@]3(C)[C@@H](O[Si](C)(C)C(C)(C)C)CC[C@H]3[C@@H]1CC2. The van der Waals surface area contributed by atoms with Gasteiger partial charge in [-0.25, -0.2) is 0 Å². The first-order valence-corrected chi connectivity index (χ1v) is 15.3. The van der Waals surface area contributed by atoms with Gasteiger partial charge in [-0.3, -0.25) is 9.59 Å². The summed E-state index contributed by atoms with van der Waals surface area (Å²) < 4.78 is 12.3. The zero-order valence-electron chi connectivity index (χ0n) is 20.9. The molecule has 0 spiro atoms. The molecule has 0 bridgehead atoms. The number of rotatable bonds is 4. The molecule has 176 valence electrons. The molecule has 1 aromatic carbocycles. The molecule has 1 aromatic rings. The van der Waals surface area contributed by atoms with Crippen molar-refractivity contribution in [1.29, 1.82) is 0 Å². The van der Waals surface area contributed by atoms with Gasteiger partial charge in [0.1, 0.15) is 5.75 Å². The molecule has 3 aliphatic rings. The Morgan fingerprint density at radius 3 is 2.50 bits per heavy atom. The fourth-order valence-electron chi connectivity index (χ4n) is 6.63. The Hall–Kier alpha value is -1.46. The normalized spacial score (nSPS) is 32.0. The lowest BCUT2D eigenvalue weighted by molar-refractivity contribution is -0.131. The monoisotopic (exact) mass is 456 g/mol. The van der Waals surface area contributed by atoms with Crippen LogP contribution < -0.4 is 4.74 Å². The van der Waals surface area contributed by atoms with Crippen LogP contribution in [0.3, 0.4) is 0 Å². The van der Waals surface area contributed by atoms with E-state index in [1.165, 1.54) is 43.7 Å². The molecule has 0 radical (unpaired) electrons. The van der Waals surface area contributed by atoms with Gasteiger partial charge in [0.05, 0.1) is 11.7 Å². The third-order valence-corrected chi connectivity index (χ3v) is 13.9. The van der Waals surface area contributed by atoms with Crippen LogP contribution in [-0.4, -0.2) is 26.7 Å². The third kappa shape index (κ3) is 3.89. The molecule has 0 unspecified atom stereocenters. The van der Waals surface area contributed by atoms with Gasteiger partial charge in [0, 0.05) is 6.92 Å². The van der Waals surface area contributed by atoms with Crippen molar-refractivity contribution < 1.29 is 18.8 Å². The number of carbonyl (C=O) groups excluding carboxylic acids is 2. The van der Waals surface area contributed by atoms with Crippen molar-refractivity contribution >= 4 is 20.6 Å². The van der Waals surface area contributed by atoms with Crippen LogP contribution in [0.4, 0.5) is 0 Å². The highest BCUT2D eigenvalue weighted by molar-refractivity contribution is 6.74. The molecule has 2 fully saturated rings. The first kappa shape index (κ1) is 23.7. The smallest absolute Gasteiger partial charge is 0.308 e. The lowest BCUT2D eigenvalue weighted by atomic mass is 9.55. The Labute approximate surface area is 194 Å². The maximum atomic E-state index is 11.7. The van der Waals surface area contributed by atoms with Crippen molar-refractivity contribution in [3.05, 3.63) is 28.8 Å². The zero-order chi connectivity index (χ0) is 23.5. The Morgan fingerprint density at radius 2 is 1.88 bits per heavy atom. The summed E-state index contributed by atoms with van der Waals surface area (Å²) in [5, 5.41) is 0.229. The molecule has 4 nitrogen and oxygen atoms in total. The number of hydrogen-bond acceptors (Lipinski definition) is 4. The van der Waals surface area contributed by atoms with Crippen molar-refractivity contribution in [2.45, 2.75) is 103 Å². The minimum Gasteiger partial charge on any atom is -0.426 e. The number of aldehydes is 1. The van der Waals surface area contributed by atoms with Gasteiger partial charge >= 0.3 is 5.97 Å². The van der Waals surface area contributed by atoms with E-state index in [1.807, 2.05) is 12.1 Å². The van der Waals surface area contributed by atoms with Crippen LogP contribution in [0.1, 0.15) is 94.1 Å². The molecule has 0 aromatic heterocycles. The Kier molecular flexibility index (Phi) is 5.99. The van der Waals surface area contributed by atoms with E-state index in [0.717, 1.165) is 19.1 Å². The van der Waals surface area contributed by atoms with Crippen LogP contribution in [0.25, 0.3) is 0 Å². The summed E-state index contributed by atoms with van der Waals surface area (Å²) in [4.78, 5) is 23.2. The van der Waals surface area contributed by atoms with Gasteiger partial charge in [-0.2, -0.15) is 0 Å². The first-order valence-electron chi connectivity index (χ1n) is 12.4. The van der Waals surface area contributed by atoms with E-state index in [-0.39, 0.29) is 16.4 Å². The number of fused-ring (bicyclic) bond motifs is 5. The first-order chi connectivity index (χ1) is 14.9. The van der Waals surface area contributed by atoms with E-state index in [0.29, 0.717) is 35.2 Å². The minimum absolute atomic E-state index is 0.229. The van der Waals surface area contributed by atoms with E-state index < -0.39 is 8.32 Å². The predicted octanol–water partition coefficient (Wildman–Crippen LogP) is 6.67. The molecule has 5 heteroatoms. The Balaban J connectivity index is 1.60. The van der Waals surface area contributed by atoms with Gasteiger partial charge in [0.2, 0.25) is 0 Å². The van der Waals surface area contributed by atoms with Crippen LogP contribution >= 0.6 is 0 Å². The van der Waals surface area contributed by atoms with Crippen molar-refractivity contribution in [2.75, 3.05) is 0 Å². The fraction of sp³-hybridized carbons (Fsp3) is 0.704. The summed E-state index contributed by atoms with van der Waals surface area (Å²) >= 11 is 0. The number of aryl methyl sites for hydroxylation is 1. The largest absolute Gasteiger partial charge is 0.426 e. The highest BCUT2D eigenvalue weighted by Crippen LogP contribution is 2.62. The van der Waals surface area contributed by atoms with Crippen LogP contribution in [0, 0.1) is 17.3 Å². The number of carbonyl (C=O) groups is 2. The lowest BCUT2D eigenvalue weighted by Gasteiger charge is -2.52. The maximum absolute atomic E-state index is 11.7. The molecule has 0 aliphatic heterocycles. The van der Waals surface area contributed by atoms with Gasteiger partial charge in [0.15, 0.2) is 14.6 Å². The molecule has 0 amide bonds. The number of benzene rings is 1. The van der Waals surface area contributed by atoms with Crippen LogP contribution in [-0.2, 0) is 15.6 Å². The van der Waals surface area contributed by atoms with Crippen molar-refractivity contribution in [3.63, 3.8) is 0 Å². The molecule has 0 saturated heterocycles. The molecular formula is C27H40O4Si. The van der Waals surface area contributed by atoms with Gasteiger partial charge in [-0.1, -0.05) is 27.7 Å². The second kappa shape index (κ2) is 8.09. The summed E-state index contributed by atoms with van der Waals surface area (Å²) in [7, 11) is -1.81. The van der Waals surface area contributed by atoms with E-state index in [2.05, 4.69) is 40.8 Å². The van der Waals surface area contributed by atoms with E-state index in [1.54, 1.807) is 0 Å². The second-order valence-corrected chi connectivity index (χ2v) is 17.0. The van der Waals surface area contributed by atoms with Gasteiger partial charge < -0.3 is 9.16 Å². The summed E-state index contributed by atoms with van der Waals surface area (Å²) in [6.45, 7) is 15.6. The van der Waals surface area contributed by atoms with Crippen molar-refractivity contribution in [2.24, 2.45) is 17.3 Å². The highest BCUT2D eigenvalue weighted by Gasteiger charge is 2.57. The second-order valence-electron chi connectivity index (χ2n) is 12.2. The average Bonchev–Trinajstić information content (AvgIpc) is 3.01. The summed E-state index contributed by atoms with van der Waals surface area (Å²) in [5.41, 5.74) is 3.32. The van der Waals surface area contributed by atoms with Gasteiger partial charge in [-0.15, -0.1) is 0 Å². The number of esters is 1. The molecule has 3 aliphatic carbocycles. The molecule has 32 heavy (non-hydrogen) atoms. The van der Waals surface area contributed by atoms with E-state index in [9.17, 15) is 9.59 Å². The maximum Gasteiger partial charge on any atom is 0.308 e. The van der Waals surface area contributed by atoms with Crippen LogP contribution in [0.5, 0.6) is 5.75 Å². The quantitative estimate of drug-likeness (QED) is 0.220. The number of ether oxygens (including phenoxy) is 1.